The topological polar surface area (TPSA) is 49.8 Å². The van der Waals surface area contributed by atoms with Gasteiger partial charge in [0.1, 0.15) is 12.2 Å². The van der Waals surface area contributed by atoms with E-state index in [4.69, 9.17) is 4.74 Å². The highest BCUT2D eigenvalue weighted by Crippen LogP contribution is 2.69. The van der Waals surface area contributed by atoms with Crippen molar-refractivity contribution in [2.75, 3.05) is 0 Å². The lowest BCUT2D eigenvalue weighted by Crippen LogP contribution is -2.56. The molecule has 24 heavy (non-hydrogen) atoms. The van der Waals surface area contributed by atoms with Gasteiger partial charge in [0.15, 0.2) is 5.78 Å². The summed E-state index contributed by atoms with van der Waals surface area (Å²) in [7, 11) is 0. The minimum atomic E-state index is -0.471. The molecule has 4 aliphatic carbocycles. The van der Waals surface area contributed by atoms with Crippen LogP contribution < -0.4 is 0 Å². The standard InChI is InChI=1S/C21H30O3/c1-4-21(23)10-8-14-13-6-5-12-11-16(22)17-18(24-17)20(12,3)15(13)7-9-19(14,21)2/h11,13-15,17-18,23H,4-10H2,1-3H3/t13-,14-,15-,17?,18?,19-,20-,21-/m0/s1. The molecule has 8 atom stereocenters. The second kappa shape index (κ2) is 4.54. The molecule has 5 aliphatic rings. The van der Waals surface area contributed by atoms with Gasteiger partial charge in [0.05, 0.1) is 5.60 Å². The molecule has 5 rings (SSSR count). The third-order valence-corrected chi connectivity index (χ3v) is 9.23. The second-order valence-electron chi connectivity index (χ2n) is 9.63. The van der Waals surface area contributed by atoms with E-state index in [1.54, 1.807) is 0 Å². The Morgan fingerprint density at radius 3 is 2.71 bits per heavy atom. The molecule has 1 aliphatic heterocycles. The monoisotopic (exact) mass is 330 g/mol. The van der Waals surface area contributed by atoms with Crippen molar-refractivity contribution in [2.45, 2.75) is 83.5 Å². The minimum absolute atomic E-state index is 0.0652. The molecule has 132 valence electrons. The number of rotatable bonds is 1. The van der Waals surface area contributed by atoms with Crippen LogP contribution in [0.25, 0.3) is 0 Å². The van der Waals surface area contributed by atoms with Crippen LogP contribution in [-0.2, 0) is 9.53 Å². The van der Waals surface area contributed by atoms with Gasteiger partial charge in [-0.3, -0.25) is 4.79 Å². The number of fused-ring (bicyclic) bond motifs is 7. The Morgan fingerprint density at radius 2 is 1.96 bits per heavy atom. The zero-order valence-corrected chi connectivity index (χ0v) is 15.2. The molecule has 0 radical (unpaired) electrons. The fourth-order valence-electron chi connectivity index (χ4n) is 7.62. The van der Waals surface area contributed by atoms with Gasteiger partial charge in [0.2, 0.25) is 0 Å². The predicted molar refractivity (Wildman–Crippen MR) is 91.4 cm³/mol. The summed E-state index contributed by atoms with van der Waals surface area (Å²) in [4.78, 5) is 12.1. The molecular formula is C21H30O3. The molecule has 0 amide bonds. The quantitative estimate of drug-likeness (QED) is 0.747. The summed E-state index contributed by atoms with van der Waals surface area (Å²) < 4.78 is 5.86. The Labute approximate surface area is 144 Å². The summed E-state index contributed by atoms with van der Waals surface area (Å²) in [6.07, 6.45) is 9.46. The van der Waals surface area contributed by atoms with Gasteiger partial charge in [0.25, 0.3) is 0 Å². The number of ether oxygens (including phenoxy) is 1. The highest BCUT2D eigenvalue weighted by molar-refractivity contribution is 5.98. The van der Waals surface area contributed by atoms with Gasteiger partial charge >= 0.3 is 0 Å². The fraction of sp³-hybridized carbons (Fsp3) is 0.857. The van der Waals surface area contributed by atoms with E-state index in [1.807, 2.05) is 6.08 Å². The SMILES string of the molecule is CC[C@]1(O)CC[C@H]2[C@@H]3CCC4=CC(=O)C5OC5[C@]4(C)[C@H]3CC[C@@]21C. The first-order chi connectivity index (χ1) is 11.3. The third-order valence-electron chi connectivity index (χ3n) is 9.23. The van der Waals surface area contributed by atoms with Crippen LogP contribution in [0.2, 0.25) is 0 Å². The van der Waals surface area contributed by atoms with E-state index in [1.165, 1.54) is 24.8 Å². The van der Waals surface area contributed by atoms with Crippen molar-refractivity contribution >= 4 is 5.78 Å². The molecule has 0 aromatic carbocycles. The van der Waals surface area contributed by atoms with Gasteiger partial charge in [-0.2, -0.15) is 0 Å². The predicted octanol–water partition coefficient (Wildman–Crippen LogP) is 3.65. The van der Waals surface area contributed by atoms with E-state index in [0.29, 0.717) is 17.8 Å². The van der Waals surface area contributed by atoms with Crippen molar-refractivity contribution in [3.05, 3.63) is 11.6 Å². The summed E-state index contributed by atoms with van der Waals surface area (Å²) in [5.74, 6) is 2.14. The first-order valence-electron chi connectivity index (χ1n) is 9.98. The van der Waals surface area contributed by atoms with Gasteiger partial charge in [-0.25, -0.2) is 0 Å². The number of hydrogen-bond acceptors (Lipinski definition) is 3. The smallest absolute Gasteiger partial charge is 0.187 e. The number of carbonyl (C=O) groups excluding carboxylic acids is 1. The van der Waals surface area contributed by atoms with Crippen molar-refractivity contribution in [3.8, 4) is 0 Å². The highest BCUT2D eigenvalue weighted by Gasteiger charge is 2.68. The highest BCUT2D eigenvalue weighted by atomic mass is 16.6. The van der Waals surface area contributed by atoms with Crippen molar-refractivity contribution in [2.24, 2.45) is 28.6 Å². The van der Waals surface area contributed by atoms with Gasteiger partial charge in [-0.15, -0.1) is 0 Å². The van der Waals surface area contributed by atoms with E-state index in [0.717, 1.165) is 25.7 Å². The van der Waals surface area contributed by atoms with Crippen LogP contribution in [0.15, 0.2) is 11.6 Å². The third kappa shape index (κ3) is 1.60. The molecule has 4 fully saturated rings. The molecule has 3 heteroatoms. The maximum atomic E-state index is 12.1. The van der Waals surface area contributed by atoms with Gasteiger partial charge in [-0.1, -0.05) is 26.3 Å². The summed E-state index contributed by atoms with van der Waals surface area (Å²) in [6, 6.07) is 0. The molecule has 0 bridgehead atoms. The summed E-state index contributed by atoms with van der Waals surface area (Å²) in [6.45, 7) is 6.88. The zero-order valence-electron chi connectivity index (χ0n) is 15.2. The van der Waals surface area contributed by atoms with Crippen LogP contribution in [0.3, 0.4) is 0 Å². The van der Waals surface area contributed by atoms with Gasteiger partial charge in [0, 0.05) is 5.41 Å². The first kappa shape index (κ1) is 15.6. The average Bonchev–Trinajstić information content (AvgIpc) is 3.32. The number of hydrogen-bond donors (Lipinski definition) is 1. The largest absolute Gasteiger partial charge is 0.389 e. The normalized spacial score (nSPS) is 58.2. The Kier molecular flexibility index (Phi) is 2.94. The Balaban J connectivity index is 1.53. The van der Waals surface area contributed by atoms with Crippen molar-refractivity contribution in [1.82, 2.24) is 0 Å². The van der Waals surface area contributed by atoms with Crippen LogP contribution >= 0.6 is 0 Å². The second-order valence-corrected chi connectivity index (χ2v) is 9.63. The van der Waals surface area contributed by atoms with Crippen molar-refractivity contribution < 1.29 is 14.6 Å². The Morgan fingerprint density at radius 1 is 1.21 bits per heavy atom. The molecule has 3 nitrogen and oxygen atoms in total. The van der Waals surface area contributed by atoms with Crippen LogP contribution in [0, 0.1) is 28.6 Å². The molecule has 1 saturated heterocycles. The van der Waals surface area contributed by atoms with E-state index in [-0.39, 0.29) is 28.8 Å². The molecule has 1 N–H and O–H groups in total. The van der Waals surface area contributed by atoms with E-state index >= 15 is 0 Å². The zero-order chi connectivity index (χ0) is 16.9. The average molecular weight is 330 g/mol. The minimum Gasteiger partial charge on any atom is -0.389 e. The molecular weight excluding hydrogens is 300 g/mol. The number of carbonyl (C=O) groups is 1. The number of aliphatic hydroxyl groups is 1. The molecule has 0 aromatic rings. The first-order valence-corrected chi connectivity index (χ1v) is 9.98. The molecule has 1 heterocycles. The van der Waals surface area contributed by atoms with Crippen LogP contribution in [-0.4, -0.2) is 28.7 Å². The van der Waals surface area contributed by atoms with Gasteiger partial charge < -0.3 is 9.84 Å². The van der Waals surface area contributed by atoms with Gasteiger partial charge in [-0.05, 0) is 74.2 Å². The molecule has 0 spiro atoms. The number of ketones is 1. The maximum absolute atomic E-state index is 12.1. The lowest BCUT2D eigenvalue weighted by molar-refractivity contribution is -0.129. The molecule has 3 saturated carbocycles. The van der Waals surface area contributed by atoms with Crippen LogP contribution in [0.1, 0.15) is 65.7 Å². The number of epoxide rings is 1. The molecule has 2 unspecified atom stereocenters. The fourth-order valence-corrected chi connectivity index (χ4v) is 7.62. The van der Waals surface area contributed by atoms with Crippen molar-refractivity contribution in [3.63, 3.8) is 0 Å². The summed E-state index contributed by atoms with van der Waals surface area (Å²) >= 11 is 0. The summed E-state index contributed by atoms with van der Waals surface area (Å²) in [5.41, 5.74) is 1.03. The Hall–Kier alpha value is -0.670. The van der Waals surface area contributed by atoms with Crippen molar-refractivity contribution in [1.29, 1.82) is 0 Å². The van der Waals surface area contributed by atoms with E-state index < -0.39 is 5.60 Å². The Bertz CT molecular complexity index is 639. The maximum Gasteiger partial charge on any atom is 0.187 e. The summed E-state index contributed by atoms with van der Waals surface area (Å²) in [5, 5.41) is 11.3. The van der Waals surface area contributed by atoms with Crippen LogP contribution in [0.5, 0.6) is 0 Å². The molecule has 0 aromatic heterocycles. The van der Waals surface area contributed by atoms with Crippen LogP contribution in [0.4, 0.5) is 0 Å². The van der Waals surface area contributed by atoms with E-state index in [2.05, 4.69) is 20.8 Å². The lowest BCUT2D eigenvalue weighted by Gasteiger charge is -2.58. The van der Waals surface area contributed by atoms with E-state index in [9.17, 15) is 9.90 Å². The lowest BCUT2D eigenvalue weighted by atomic mass is 9.46.